The molecule has 0 unspecified atom stereocenters. The van der Waals surface area contributed by atoms with E-state index in [9.17, 15) is 13.6 Å². The highest BCUT2D eigenvalue weighted by Crippen LogP contribution is 2.37. The Kier molecular flexibility index (Phi) is 6.48. The number of amides is 1. The first-order valence-electron chi connectivity index (χ1n) is 9.57. The lowest BCUT2D eigenvalue weighted by molar-refractivity contribution is 0.0696. The Morgan fingerprint density at radius 1 is 1.31 bits per heavy atom. The maximum atomic E-state index is 13.8. The highest BCUT2D eigenvalue weighted by Gasteiger charge is 2.24. The Balaban J connectivity index is 1.87. The van der Waals surface area contributed by atoms with Crippen molar-refractivity contribution >= 4 is 23.1 Å². The number of pyridine rings is 1. The molecule has 9 heteroatoms. The molecule has 0 saturated carbocycles. The van der Waals surface area contributed by atoms with E-state index in [1.165, 1.54) is 12.3 Å². The largest absolute Gasteiger partial charge is 0.381 e. The van der Waals surface area contributed by atoms with Gasteiger partial charge < -0.3 is 15.4 Å². The number of hydrogen-bond acceptors (Lipinski definition) is 6. The van der Waals surface area contributed by atoms with Crippen molar-refractivity contribution in [3.63, 3.8) is 0 Å². The molecule has 0 atom stereocenters. The lowest BCUT2D eigenvalue weighted by Crippen LogP contribution is -2.38. The third kappa shape index (κ3) is 5.48. The minimum Gasteiger partial charge on any atom is -0.381 e. The fourth-order valence-corrected chi connectivity index (χ4v) is 4.13. The van der Waals surface area contributed by atoms with Crippen LogP contribution in [0.4, 0.5) is 14.6 Å². The van der Waals surface area contributed by atoms with Gasteiger partial charge in [-0.1, -0.05) is 0 Å². The first-order chi connectivity index (χ1) is 13.6. The third-order valence-electron chi connectivity index (χ3n) is 4.47. The highest BCUT2D eigenvalue weighted by atomic mass is 32.1. The van der Waals surface area contributed by atoms with Gasteiger partial charge in [-0.05, 0) is 46.6 Å². The van der Waals surface area contributed by atoms with Crippen LogP contribution in [0.3, 0.4) is 0 Å². The van der Waals surface area contributed by atoms with Crippen LogP contribution in [0.25, 0.3) is 10.4 Å². The van der Waals surface area contributed by atoms with Gasteiger partial charge in [0.05, 0.1) is 10.6 Å². The Hall–Kier alpha value is -2.13. The summed E-state index contributed by atoms with van der Waals surface area (Å²) in [6.45, 7) is 8.74. The number of halogens is 2. The molecule has 0 aliphatic carbocycles. The molecule has 1 saturated heterocycles. The lowest BCUT2D eigenvalue weighted by Gasteiger charge is -2.22. The standard InChI is InChI=1S/C20H26F2N4O2S/c1-11-16(29-19(24-11)18(27)25-12-5-7-28-8-6-12)14-10-23-15(26-20(2,3)4)9-13(14)17(21)22/h9-10,12,17H,5-8H2,1-4H3,(H,23,26)(H,25,27). The number of aryl methyl sites for hydroxylation is 1. The van der Waals surface area contributed by atoms with Crippen LogP contribution in [0.2, 0.25) is 0 Å². The van der Waals surface area contributed by atoms with Gasteiger partial charge in [0.15, 0.2) is 5.01 Å². The number of nitrogens with one attached hydrogen (secondary N) is 2. The summed E-state index contributed by atoms with van der Waals surface area (Å²) in [4.78, 5) is 21.7. The third-order valence-corrected chi connectivity index (χ3v) is 5.66. The maximum Gasteiger partial charge on any atom is 0.280 e. The van der Waals surface area contributed by atoms with E-state index in [2.05, 4.69) is 20.6 Å². The molecule has 0 bridgehead atoms. The quantitative estimate of drug-likeness (QED) is 0.735. The summed E-state index contributed by atoms with van der Waals surface area (Å²) < 4.78 is 32.8. The Morgan fingerprint density at radius 2 is 2.00 bits per heavy atom. The van der Waals surface area contributed by atoms with Gasteiger partial charge in [0.1, 0.15) is 5.82 Å². The molecule has 0 spiro atoms. The van der Waals surface area contributed by atoms with Gasteiger partial charge in [0, 0.05) is 42.1 Å². The molecule has 3 heterocycles. The van der Waals surface area contributed by atoms with Crippen LogP contribution >= 0.6 is 11.3 Å². The van der Waals surface area contributed by atoms with E-state index in [-0.39, 0.29) is 28.1 Å². The van der Waals surface area contributed by atoms with Gasteiger partial charge in [0.25, 0.3) is 12.3 Å². The molecular weight excluding hydrogens is 398 g/mol. The fourth-order valence-electron chi connectivity index (χ4n) is 3.13. The van der Waals surface area contributed by atoms with Gasteiger partial charge in [-0.3, -0.25) is 4.79 Å². The molecule has 1 aliphatic rings. The number of alkyl halides is 2. The Labute approximate surface area is 173 Å². The van der Waals surface area contributed by atoms with Crippen molar-refractivity contribution in [3.8, 4) is 10.4 Å². The first-order valence-corrected chi connectivity index (χ1v) is 10.4. The van der Waals surface area contributed by atoms with Crippen LogP contribution in [-0.2, 0) is 4.74 Å². The predicted octanol–water partition coefficient (Wildman–Crippen LogP) is 4.57. The van der Waals surface area contributed by atoms with Crippen molar-refractivity contribution in [1.82, 2.24) is 15.3 Å². The summed E-state index contributed by atoms with van der Waals surface area (Å²) >= 11 is 1.11. The number of carbonyl (C=O) groups excluding carboxylic acids is 1. The minimum absolute atomic E-state index is 0.0463. The molecule has 1 aliphatic heterocycles. The topological polar surface area (TPSA) is 76.1 Å². The van der Waals surface area contributed by atoms with Crippen LogP contribution < -0.4 is 10.6 Å². The molecule has 2 N–H and O–H groups in total. The van der Waals surface area contributed by atoms with Gasteiger partial charge in [-0.25, -0.2) is 18.7 Å². The highest BCUT2D eigenvalue weighted by molar-refractivity contribution is 7.17. The van der Waals surface area contributed by atoms with Crippen molar-refractivity contribution in [3.05, 3.63) is 28.5 Å². The van der Waals surface area contributed by atoms with Crippen molar-refractivity contribution in [2.45, 2.75) is 58.5 Å². The summed E-state index contributed by atoms with van der Waals surface area (Å²) in [5, 5.41) is 6.33. The molecule has 158 valence electrons. The monoisotopic (exact) mass is 424 g/mol. The van der Waals surface area contributed by atoms with Gasteiger partial charge in [0.2, 0.25) is 0 Å². The number of carbonyl (C=O) groups is 1. The second-order valence-corrected chi connectivity index (χ2v) is 9.13. The SMILES string of the molecule is Cc1nc(C(=O)NC2CCOCC2)sc1-c1cnc(NC(C)(C)C)cc1C(F)F. The number of nitrogens with zero attached hydrogens (tertiary/aromatic N) is 2. The van der Waals surface area contributed by atoms with Crippen LogP contribution in [0.1, 0.15) is 61.1 Å². The summed E-state index contributed by atoms with van der Waals surface area (Å²) in [6, 6.07) is 1.41. The molecule has 1 amide bonds. The average Bonchev–Trinajstić information content (AvgIpc) is 3.03. The van der Waals surface area contributed by atoms with Gasteiger partial charge in [-0.2, -0.15) is 0 Å². The molecule has 2 aromatic rings. The molecule has 3 rings (SSSR count). The number of thiazole rings is 1. The summed E-state index contributed by atoms with van der Waals surface area (Å²) in [7, 11) is 0. The molecule has 6 nitrogen and oxygen atoms in total. The molecule has 0 radical (unpaired) electrons. The normalized spacial score (nSPS) is 15.6. The molecule has 0 aromatic carbocycles. The zero-order chi connectivity index (χ0) is 21.2. The van der Waals surface area contributed by atoms with E-state index in [0.717, 1.165) is 24.2 Å². The van der Waals surface area contributed by atoms with Crippen molar-refractivity contribution < 1.29 is 18.3 Å². The molecule has 1 fully saturated rings. The second-order valence-electron chi connectivity index (χ2n) is 8.13. The van der Waals surface area contributed by atoms with E-state index in [1.807, 2.05) is 20.8 Å². The zero-order valence-corrected chi connectivity index (χ0v) is 17.8. The van der Waals surface area contributed by atoms with Crippen LogP contribution in [0.5, 0.6) is 0 Å². The average molecular weight is 425 g/mol. The Morgan fingerprint density at radius 3 is 2.62 bits per heavy atom. The minimum atomic E-state index is -2.67. The van der Waals surface area contributed by atoms with Crippen molar-refractivity contribution in [1.29, 1.82) is 0 Å². The predicted molar refractivity (Wildman–Crippen MR) is 110 cm³/mol. The van der Waals surface area contributed by atoms with Gasteiger partial charge in [-0.15, -0.1) is 11.3 Å². The lowest BCUT2D eigenvalue weighted by atomic mass is 10.1. The number of ether oxygens (including phenoxy) is 1. The van der Waals surface area contributed by atoms with Crippen LogP contribution in [-0.4, -0.2) is 40.7 Å². The number of hydrogen-bond donors (Lipinski definition) is 2. The van der Waals surface area contributed by atoms with Gasteiger partial charge >= 0.3 is 0 Å². The summed E-state index contributed by atoms with van der Waals surface area (Å²) in [5.41, 5.74) is 0.408. The van der Waals surface area contributed by atoms with E-state index in [0.29, 0.717) is 35.2 Å². The first kappa shape index (κ1) is 21.6. The zero-order valence-electron chi connectivity index (χ0n) is 17.0. The summed E-state index contributed by atoms with van der Waals surface area (Å²) in [6.07, 6.45) is 0.264. The number of aromatic nitrogens is 2. The van der Waals surface area contributed by atoms with Crippen LogP contribution in [0.15, 0.2) is 12.3 Å². The Bertz CT molecular complexity index is 874. The van der Waals surface area contributed by atoms with Crippen LogP contribution in [0, 0.1) is 6.92 Å². The smallest absolute Gasteiger partial charge is 0.280 e. The van der Waals surface area contributed by atoms with Crippen molar-refractivity contribution in [2.75, 3.05) is 18.5 Å². The molecule has 29 heavy (non-hydrogen) atoms. The molecular formula is C20H26F2N4O2S. The van der Waals surface area contributed by atoms with E-state index < -0.39 is 6.43 Å². The number of anilines is 1. The van der Waals surface area contributed by atoms with E-state index in [1.54, 1.807) is 6.92 Å². The maximum absolute atomic E-state index is 13.8. The van der Waals surface area contributed by atoms with Crippen molar-refractivity contribution in [2.24, 2.45) is 0 Å². The summed E-state index contributed by atoms with van der Waals surface area (Å²) in [5.74, 6) is 0.102. The van der Waals surface area contributed by atoms with E-state index >= 15 is 0 Å². The van der Waals surface area contributed by atoms with E-state index in [4.69, 9.17) is 4.74 Å². The molecule has 2 aromatic heterocycles. The fraction of sp³-hybridized carbons (Fsp3) is 0.550. The number of rotatable bonds is 5. The second kappa shape index (κ2) is 8.71.